The zero-order chi connectivity index (χ0) is 20.8. The molecule has 156 valence electrons. The summed E-state index contributed by atoms with van der Waals surface area (Å²) in [6, 6.07) is 5.70. The van der Waals surface area contributed by atoms with Crippen LogP contribution >= 0.6 is 0 Å². The molecule has 1 saturated heterocycles. The van der Waals surface area contributed by atoms with Crippen molar-refractivity contribution in [3.8, 4) is 5.75 Å². The molecule has 0 spiro atoms. The van der Waals surface area contributed by atoms with Crippen LogP contribution in [0.2, 0.25) is 0 Å². The number of rotatable bonds is 8. The van der Waals surface area contributed by atoms with Gasteiger partial charge in [-0.05, 0) is 31.0 Å². The zero-order valence-corrected chi connectivity index (χ0v) is 15.3. The van der Waals surface area contributed by atoms with Gasteiger partial charge in [0.15, 0.2) is 0 Å². The summed E-state index contributed by atoms with van der Waals surface area (Å²) in [7, 11) is 0. The summed E-state index contributed by atoms with van der Waals surface area (Å²) in [6.07, 6.45) is 2.95. The third-order valence-electron chi connectivity index (χ3n) is 4.29. The molecule has 3 rings (SSSR count). The highest BCUT2D eigenvalue weighted by Crippen LogP contribution is 2.31. The average Bonchev–Trinajstić information content (AvgIpc) is 3.36. The van der Waals surface area contributed by atoms with E-state index in [1.807, 2.05) is 0 Å². The summed E-state index contributed by atoms with van der Waals surface area (Å²) in [5.41, 5.74) is -0.611. The van der Waals surface area contributed by atoms with Crippen LogP contribution in [0.1, 0.15) is 18.6 Å². The van der Waals surface area contributed by atoms with Gasteiger partial charge in [-0.2, -0.15) is 8.78 Å². The van der Waals surface area contributed by atoms with Crippen molar-refractivity contribution in [2.75, 3.05) is 18.5 Å². The Hall–Kier alpha value is -3.21. The van der Waals surface area contributed by atoms with Gasteiger partial charge in [-0.15, -0.1) is 0 Å². The van der Waals surface area contributed by atoms with E-state index in [1.54, 1.807) is 12.1 Å². The minimum atomic E-state index is -3.15. The number of amides is 2. The molecule has 0 saturated carbocycles. The van der Waals surface area contributed by atoms with E-state index in [0.29, 0.717) is 12.4 Å². The highest BCUT2D eigenvalue weighted by atomic mass is 19.3. The summed E-state index contributed by atoms with van der Waals surface area (Å²) in [6.45, 7) is -2.21. The van der Waals surface area contributed by atoms with E-state index >= 15 is 0 Å². The monoisotopic (exact) mass is 411 g/mol. The summed E-state index contributed by atoms with van der Waals surface area (Å²) in [5, 5.41) is 13.4. The number of carbonyl (C=O) groups excluding carboxylic acids is 1. The van der Waals surface area contributed by atoms with E-state index in [4.69, 9.17) is 9.15 Å². The van der Waals surface area contributed by atoms with Crippen LogP contribution in [0.15, 0.2) is 41.0 Å². The lowest BCUT2D eigenvalue weighted by Crippen LogP contribution is -2.39. The van der Waals surface area contributed by atoms with Crippen LogP contribution in [-0.2, 0) is 11.3 Å². The van der Waals surface area contributed by atoms with Crippen molar-refractivity contribution >= 4 is 17.4 Å². The topological polar surface area (TPSA) is 107 Å². The Labute approximate surface area is 164 Å². The smallest absolute Gasteiger partial charge is 0.387 e. The van der Waals surface area contributed by atoms with Gasteiger partial charge in [0.25, 0.3) is 5.69 Å². The minimum absolute atomic E-state index is 0.110. The fourth-order valence-electron chi connectivity index (χ4n) is 2.97. The number of carbonyl (C=O) groups is 1. The number of non-ortho nitro benzene ring substituents is 1. The van der Waals surface area contributed by atoms with E-state index in [-0.39, 0.29) is 36.3 Å². The molecular formula is C18H19F2N3O6. The third kappa shape index (κ3) is 5.64. The Bertz CT molecular complexity index is 840. The van der Waals surface area contributed by atoms with E-state index < -0.39 is 17.6 Å². The van der Waals surface area contributed by atoms with E-state index in [1.165, 1.54) is 11.2 Å². The standard InChI is InChI=1S/C18H19F2N3O6/c19-17(20)29-16-6-5-12(23(25)26)9-15(16)21-18(24)22(10-13-3-1-7-27-13)11-14-4-2-8-28-14/h1,3,5-7,9,14,17H,2,4,8,10-11H2,(H,21,24). The third-order valence-corrected chi connectivity index (χ3v) is 4.29. The number of halogens is 2. The quantitative estimate of drug-likeness (QED) is 0.520. The van der Waals surface area contributed by atoms with Crippen molar-refractivity contribution < 1.29 is 32.4 Å². The van der Waals surface area contributed by atoms with Gasteiger partial charge >= 0.3 is 12.6 Å². The van der Waals surface area contributed by atoms with Crippen LogP contribution in [0.5, 0.6) is 5.75 Å². The first kappa shape index (κ1) is 20.5. The van der Waals surface area contributed by atoms with Crippen LogP contribution in [0, 0.1) is 10.1 Å². The lowest BCUT2D eigenvalue weighted by Gasteiger charge is -2.25. The SMILES string of the molecule is O=C(Nc1cc([N+](=O)[O-])ccc1OC(F)F)N(Cc1ccco1)CC1CCCO1. The van der Waals surface area contributed by atoms with Crippen LogP contribution in [0.3, 0.4) is 0 Å². The molecule has 1 atom stereocenters. The number of nitrogens with one attached hydrogen (secondary N) is 1. The van der Waals surface area contributed by atoms with E-state index in [9.17, 15) is 23.7 Å². The number of hydrogen-bond donors (Lipinski definition) is 1. The number of furan rings is 1. The van der Waals surface area contributed by atoms with Crippen LogP contribution < -0.4 is 10.1 Å². The number of nitro groups is 1. The van der Waals surface area contributed by atoms with Gasteiger partial charge in [-0.3, -0.25) is 10.1 Å². The van der Waals surface area contributed by atoms with Crippen molar-refractivity contribution in [2.24, 2.45) is 0 Å². The van der Waals surface area contributed by atoms with Crippen LogP contribution in [0.4, 0.5) is 25.0 Å². The van der Waals surface area contributed by atoms with Gasteiger partial charge in [0.1, 0.15) is 11.5 Å². The van der Waals surface area contributed by atoms with Crippen molar-refractivity contribution in [2.45, 2.75) is 32.1 Å². The van der Waals surface area contributed by atoms with Gasteiger partial charge in [-0.1, -0.05) is 0 Å². The number of alkyl halides is 2. The fraction of sp³-hybridized carbons (Fsp3) is 0.389. The van der Waals surface area contributed by atoms with Crippen molar-refractivity contribution in [3.63, 3.8) is 0 Å². The number of anilines is 1. The molecule has 2 aromatic rings. The second-order valence-corrected chi connectivity index (χ2v) is 6.34. The normalized spacial score (nSPS) is 16.0. The maximum Gasteiger partial charge on any atom is 0.387 e. The predicted octanol–water partition coefficient (Wildman–Crippen LogP) is 4.00. The van der Waals surface area contributed by atoms with E-state index in [2.05, 4.69) is 10.1 Å². The first-order chi connectivity index (χ1) is 13.9. The first-order valence-electron chi connectivity index (χ1n) is 8.85. The van der Waals surface area contributed by atoms with Gasteiger partial charge in [-0.25, -0.2) is 4.79 Å². The van der Waals surface area contributed by atoms with Crippen molar-refractivity contribution in [3.05, 3.63) is 52.5 Å². The molecule has 2 amide bonds. The van der Waals surface area contributed by atoms with Gasteiger partial charge < -0.3 is 24.1 Å². The number of urea groups is 1. The molecule has 0 bridgehead atoms. The highest BCUT2D eigenvalue weighted by molar-refractivity contribution is 5.91. The Balaban J connectivity index is 1.81. The molecule has 1 aliphatic heterocycles. The first-order valence-corrected chi connectivity index (χ1v) is 8.85. The van der Waals surface area contributed by atoms with Crippen molar-refractivity contribution in [1.82, 2.24) is 4.90 Å². The van der Waals surface area contributed by atoms with E-state index in [0.717, 1.165) is 31.0 Å². The Morgan fingerprint density at radius 1 is 1.41 bits per heavy atom. The summed E-state index contributed by atoms with van der Waals surface area (Å²) in [5.74, 6) is 0.134. The zero-order valence-electron chi connectivity index (χ0n) is 15.3. The van der Waals surface area contributed by atoms with Crippen molar-refractivity contribution in [1.29, 1.82) is 0 Å². The molecule has 1 aromatic heterocycles. The van der Waals surface area contributed by atoms with Crippen LogP contribution in [0.25, 0.3) is 0 Å². The average molecular weight is 411 g/mol. The summed E-state index contributed by atoms with van der Waals surface area (Å²) < 4.78 is 40.6. The molecule has 29 heavy (non-hydrogen) atoms. The predicted molar refractivity (Wildman–Crippen MR) is 96.8 cm³/mol. The van der Waals surface area contributed by atoms with Gasteiger partial charge in [0.05, 0.1) is 29.5 Å². The second-order valence-electron chi connectivity index (χ2n) is 6.34. The molecule has 1 aliphatic rings. The molecule has 1 N–H and O–H groups in total. The maximum atomic E-state index is 12.9. The van der Waals surface area contributed by atoms with Gasteiger partial charge in [0.2, 0.25) is 0 Å². The summed E-state index contributed by atoms with van der Waals surface area (Å²) in [4.78, 5) is 24.6. The Morgan fingerprint density at radius 3 is 2.86 bits per heavy atom. The lowest BCUT2D eigenvalue weighted by molar-refractivity contribution is -0.384. The fourth-order valence-corrected chi connectivity index (χ4v) is 2.97. The maximum absolute atomic E-state index is 12.9. The van der Waals surface area contributed by atoms with Gasteiger partial charge in [0, 0.05) is 25.3 Å². The van der Waals surface area contributed by atoms with Crippen LogP contribution in [-0.4, -0.2) is 41.7 Å². The second kappa shape index (κ2) is 9.32. The highest BCUT2D eigenvalue weighted by Gasteiger charge is 2.25. The number of nitro benzene ring substituents is 1. The Morgan fingerprint density at radius 2 is 2.24 bits per heavy atom. The molecule has 1 aromatic carbocycles. The molecule has 1 unspecified atom stereocenters. The molecule has 11 heteroatoms. The minimum Gasteiger partial charge on any atom is -0.467 e. The summed E-state index contributed by atoms with van der Waals surface area (Å²) >= 11 is 0. The number of nitrogens with zero attached hydrogens (tertiary/aromatic N) is 2. The largest absolute Gasteiger partial charge is 0.467 e. The molecule has 2 heterocycles. The lowest BCUT2D eigenvalue weighted by atomic mass is 10.2. The molecule has 1 fully saturated rings. The number of hydrogen-bond acceptors (Lipinski definition) is 6. The molecule has 0 aliphatic carbocycles. The Kier molecular flexibility index (Phi) is 6.60. The number of ether oxygens (including phenoxy) is 2. The molecule has 9 nitrogen and oxygen atoms in total. The molecule has 0 radical (unpaired) electrons. The molecular weight excluding hydrogens is 392 g/mol. The number of benzene rings is 1.